The average Bonchev–Trinajstić information content (AvgIpc) is 2.65. The molecule has 0 saturated heterocycles. The molecule has 26 heavy (non-hydrogen) atoms. The van der Waals surface area contributed by atoms with E-state index in [1.54, 1.807) is 0 Å². The minimum Gasteiger partial charge on any atom is -0.381 e. The second-order valence-electron chi connectivity index (χ2n) is 6.73. The molecule has 0 spiro atoms. The smallest absolute Gasteiger partial charge is 0.226 e. The molecule has 0 radical (unpaired) electrons. The van der Waals surface area contributed by atoms with E-state index in [1.807, 2.05) is 18.7 Å². The van der Waals surface area contributed by atoms with Crippen molar-refractivity contribution in [2.45, 2.75) is 65.2 Å². The summed E-state index contributed by atoms with van der Waals surface area (Å²) >= 11 is 3.46. The maximum absolute atomic E-state index is 12.1. The van der Waals surface area contributed by atoms with E-state index < -0.39 is 0 Å². The molecule has 0 unspecified atom stereocenters. The summed E-state index contributed by atoms with van der Waals surface area (Å²) in [5.74, 6) is 0.215. The van der Waals surface area contributed by atoms with Crippen LogP contribution >= 0.6 is 15.9 Å². The van der Waals surface area contributed by atoms with Gasteiger partial charge in [0.25, 0.3) is 0 Å². The number of hydrogen-bond acceptors (Lipinski definition) is 2. The molecule has 0 N–H and O–H groups in total. The lowest BCUT2D eigenvalue weighted by Crippen LogP contribution is -2.31. The Balaban J connectivity index is 2.12. The molecule has 148 valence electrons. The fraction of sp³-hybridized carbons (Fsp3) is 0.682. The fourth-order valence-electron chi connectivity index (χ4n) is 2.97. The molecule has 1 rings (SSSR count). The van der Waals surface area contributed by atoms with Crippen LogP contribution in [-0.2, 0) is 22.4 Å². The molecule has 1 aromatic carbocycles. The zero-order valence-electron chi connectivity index (χ0n) is 16.6. The molecule has 0 aliphatic heterocycles. The van der Waals surface area contributed by atoms with Crippen molar-refractivity contribution in [2.24, 2.45) is 0 Å². The van der Waals surface area contributed by atoms with Crippen molar-refractivity contribution < 1.29 is 9.53 Å². The first kappa shape index (κ1) is 23.2. The zero-order chi connectivity index (χ0) is 19.0. The van der Waals surface area contributed by atoms with Crippen LogP contribution < -0.4 is 0 Å². The Morgan fingerprint density at radius 3 is 2.08 bits per heavy atom. The van der Waals surface area contributed by atoms with Gasteiger partial charge < -0.3 is 9.64 Å². The van der Waals surface area contributed by atoms with Gasteiger partial charge in [-0.2, -0.15) is 0 Å². The summed E-state index contributed by atoms with van der Waals surface area (Å²) in [5.41, 5.74) is 2.45. The van der Waals surface area contributed by atoms with Crippen LogP contribution in [0.15, 0.2) is 24.3 Å². The first-order chi connectivity index (χ1) is 12.7. The van der Waals surface area contributed by atoms with E-state index in [-0.39, 0.29) is 5.91 Å². The van der Waals surface area contributed by atoms with Crippen molar-refractivity contribution >= 4 is 21.8 Å². The minimum atomic E-state index is 0.215. The van der Waals surface area contributed by atoms with E-state index >= 15 is 0 Å². The summed E-state index contributed by atoms with van der Waals surface area (Å²) in [4.78, 5) is 14.0. The third kappa shape index (κ3) is 10.3. The van der Waals surface area contributed by atoms with Gasteiger partial charge in [0, 0.05) is 31.6 Å². The van der Waals surface area contributed by atoms with Gasteiger partial charge >= 0.3 is 0 Å². The molecule has 0 heterocycles. The second kappa shape index (κ2) is 15.2. The molecule has 1 amide bonds. The third-order valence-corrected chi connectivity index (χ3v) is 5.23. The van der Waals surface area contributed by atoms with Gasteiger partial charge in [0.05, 0.1) is 6.42 Å². The molecule has 0 fully saturated rings. The van der Waals surface area contributed by atoms with Crippen LogP contribution in [0.3, 0.4) is 0 Å². The molecular weight excluding hydrogens is 390 g/mol. The SMILES string of the molecule is CCN(CC)C(=O)Cc1ccc(CCCCOCCCCCCBr)cc1. The van der Waals surface area contributed by atoms with Gasteiger partial charge in [-0.1, -0.05) is 53.0 Å². The highest BCUT2D eigenvalue weighted by Crippen LogP contribution is 2.10. The fourth-order valence-corrected chi connectivity index (χ4v) is 3.37. The van der Waals surface area contributed by atoms with Gasteiger partial charge in [-0.15, -0.1) is 0 Å². The number of nitrogens with zero attached hydrogens (tertiary/aromatic N) is 1. The Kier molecular flexibility index (Phi) is 13.6. The van der Waals surface area contributed by atoms with Crippen molar-refractivity contribution in [2.75, 3.05) is 31.6 Å². The van der Waals surface area contributed by atoms with E-state index in [4.69, 9.17) is 4.74 Å². The van der Waals surface area contributed by atoms with Crippen LogP contribution in [0.1, 0.15) is 63.5 Å². The molecule has 0 saturated carbocycles. The highest BCUT2D eigenvalue weighted by Gasteiger charge is 2.09. The average molecular weight is 426 g/mol. The normalized spacial score (nSPS) is 10.9. The van der Waals surface area contributed by atoms with Crippen LogP contribution in [-0.4, -0.2) is 42.4 Å². The van der Waals surface area contributed by atoms with Gasteiger partial charge in [-0.25, -0.2) is 0 Å². The molecule has 0 bridgehead atoms. The summed E-state index contributed by atoms with van der Waals surface area (Å²) in [6, 6.07) is 8.52. The molecule has 0 aliphatic rings. The monoisotopic (exact) mass is 425 g/mol. The van der Waals surface area contributed by atoms with Gasteiger partial charge in [0.2, 0.25) is 5.91 Å². The topological polar surface area (TPSA) is 29.5 Å². The van der Waals surface area contributed by atoms with Crippen LogP contribution in [0, 0.1) is 0 Å². The summed E-state index contributed by atoms with van der Waals surface area (Å²) in [6.45, 7) is 7.39. The van der Waals surface area contributed by atoms with Gasteiger partial charge in [-0.05, 0) is 57.1 Å². The Morgan fingerprint density at radius 1 is 0.885 bits per heavy atom. The van der Waals surface area contributed by atoms with E-state index in [2.05, 4.69) is 40.2 Å². The molecule has 0 aliphatic carbocycles. The lowest BCUT2D eigenvalue weighted by Gasteiger charge is -2.18. The number of likely N-dealkylation sites (N-methyl/N-ethyl adjacent to an activating group) is 1. The van der Waals surface area contributed by atoms with Gasteiger partial charge in [0.1, 0.15) is 0 Å². The molecule has 4 heteroatoms. The van der Waals surface area contributed by atoms with Crippen molar-refractivity contribution in [3.05, 3.63) is 35.4 Å². The predicted octanol–water partition coefficient (Wildman–Crippen LogP) is 5.39. The maximum Gasteiger partial charge on any atom is 0.226 e. The van der Waals surface area contributed by atoms with Crippen molar-refractivity contribution in [1.29, 1.82) is 0 Å². The molecule has 1 aromatic rings. The Labute approximate surface area is 168 Å². The van der Waals surface area contributed by atoms with E-state index in [0.29, 0.717) is 6.42 Å². The Hall–Kier alpha value is -0.870. The summed E-state index contributed by atoms with van der Waals surface area (Å²) in [6.07, 6.45) is 8.87. The quantitative estimate of drug-likeness (QED) is 0.278. The van der Waals surface area contributed by atoms with Gasteiger partial charge in [-0.3, -0.25) is 4.79 Å². The largest absolute Gasteiger partial charge is 0.381 e. The van der Waals surface area contributed by atoms with Crippen molar-refractivity contribution in [1.82, 2.24) is 4.90 Å². The highest BCUT2D eigenvalue weighted by molar-refractivity contribution is 9.09. The number of amides is 1. The number of carbonyl (C=O) groups excluding carboxylic acids is 1. The number of rotatable bonds is 15. The highest BCUT2D eigenvalue weighted by atomic mass is 79.9. The summed E-state index contributed by atoms with van der Waals surface area (Å²) in [5, 5.41) is 1.11. The lowest BCUT2D eigenvalue weighted by molar-refractivity contribution is -0.130. The van der Waals surface area contributed by atoms with Crippen LogP contribution in [0.25, 0.3) is 0 Å². The number of hydrogen-bond donors (Lipinski definition) is 0. The summed E-state index contributed by atoms with van der Waals surface area (Å²) in [7, 11) is 0. The van der Waals surface area contributed by atoms with E-state index in [9.17, 15) is 4.79 Å². The molecule has 3 nitrogen and oxygen atoms in total. The lowest BCUT2D eigenvalue weighted by atomic mass is 10.0. The molecule has 0 aromatic heterocycles. The minimum absolute atomic E-state index is 0.215. The van der Waals surface area contributed by atoms with Crippen LogP contribution in [0.4, 0.5) is 0 Å². The number of alkyl halides is 1. The van der Waals surface area contributed by atoms with Gasteiger partial charge in [0.15, 0.2) is 0 Å². The van der Waals surface area contributed by atoms with Crippen LogP contribution in [0.5, 0.6) is 0 Å². The predicted molar refractivity (Wildman–Crippen MR) is 114 cm³/mol. The second-order valence-corrected chi connectivity index (χ2v) is 7.52. The number of ether oxygens (including phenoxy) is 1. The molecule has 0 atom stereocenters. The first-order valence-electron chi connectivity index (χ1n) is 10.2. The van der Waals surface area contributed by atoms with Crippen molar-refractivity contribution in [3.8, 4) is 0 Å². The number of unbranched alkanes of at least 4 members (excludes halogenated alkanes) is 4. The summed E-state index contributed by atoms with van der Waals surface area (Å²) < 4.78 is 5.70. The standard InChI is InChI=1S/C22H36BrNO2/c1-3-24(4-2)22(25)19-21-14-12-20(13-15-21)11-7-10-18-26-17-9-6-5-8-16-23/h12-15H,3-11,16-19H2,1-2H3. The number of benzene rings is 1. The number of halogens is 1. The third-order valence-electron chi connectivity index (χ3n) is 4.67. The van der Waals surface area contributed by atoms with Crippen molar-refractivity contribution in [3.63, 3.8) is 0 Å². The molecular formula is C22H36BrNO2. The first-order valence-corrected chi connectivity index (χ1v) is 11.3. The van der Waals surface area contributed by atoms with E-state index in [1.165, 1.54) is 31.2 Å². The van der Waals surface area contributed by atoms with E-state index in [0.717, 1.165) is 56.5 Å². The van der Waals surface area contributed by atoms with Crippen LogP contribution in [0.2, 0.25) is 0 Å². The Morgan fingerprint density at radius 2 is 1.46 bits per heavy atom. The number of carbonyl (C=O) groups is 1. The maximum atomic E-state index is 12.1. The Bertz CT molecular complexity index is 472. The number of aryl methyl sites for hydroxylation is 1. The zero-order valence-corrected chi connectivity index (χ0v) is 18.2.